The lowest BCUT2D eigenvalue weighted by Gasteiger charge is -2.14. The van der Waals surface area contributed by atoms with Crippen molar-refractivity contribution in [3.8, 4) is 11.3 Å². The zero-order chi connectivity index (χ0) is 27.5. The fraction of sp³-hybridized carbons (Fsp3) is 0.167. The highest BCUT2D eigenvalue weighted by Crippen LogP contribution is 2.27. The number of nitrogens with one attached hydrogen (secondary N) is 3. The van der Waals surface area contributed by atoms with Crippen LogP contribution in [0.25, 0.3) is 22.3 Å². The minimum Gasteiger partial charge on any atom is -0.324 e. The van der Waals surface area contributed by atoms with E-state index in [1.54, 1.807) is 36.4 Å². The molecule has 0 aliphatic rings. The van der Waals surface area contributed by atoms with Crippen molar-refractivity contribution in [2.75, 3.05) is 16.0 Å². The number of nitrogens with zero attached hydrogens (tertiary/aromatic N) is 4. The molecule has 0 aliphatic heterocycles. The summed E-state index contributed by atoms with van der Waals surface area (Å²) in [4.78, 5) is 30.1. The van der Waals surface area contributed by atoms with Gasteiger partial charge in [0.1, 0.15) is 5.69 Å². The number of halogens is 1. The molecule has 0 aliphatic carbocycles. The number of carbonyl (C=O) groups excluding carboxylic acids is 1. The highest BCUT2D eigenvalue weighted by molar-refractivity contribution is 6.00. The molecule has 5 rings (SSSR count). The number of benzene rings is 3. The summed E-state index contributed by atoms with van der Waals surface area (Å²) in [5.74, 6) is -0.0212. The summed E-state index contributed by atoms with van der Waals surface area (Å²) in [6.07, 6.45) is 1.14. The summed E-state index contributed by atoms with van der Waals surface area (Å²) in [6.45, 7) is 7.95. The molecule has 0 saturated heterocycles. The lowest BCUT2D eigenvalue weighted by atomic mass is 10.0. The van der Waals surface area contributed by atoms with E-state index in [4.69, 9.17) is 0 Å². The number of hydrogen-bond acceptors (Lipinski definition) is 6. The predicted octanol–water partition coefficient (Wildman–Crippen LogP) is 7.35. The molecule has 0 spiro atoms. The summed E-state index contributed by atoms with van der Waals surface area (Å²) in [6, 6.07) is 19.8. The van der Waals surface area contributed by atoms with Gasteiger partial charge in [0.05, 0.1) is 28.6 Å². The Labute approximate surface area is 225 Å². The van der Waals surface area contributed by atoms with Gasteiger partial charge in [-0.2, -0.15) is 0 Å². The zero-order valence-electron chi connectivity index (χ0n) is 22.1. The van der Waals surface area contributed by atoms with E-state index in [1.807, 2.05) is 44.2 Å². The Balaban J connectivity index is 1.29. The van der Waals surface area contributed by atoms with Gasteiger partial charge in [-0.1, -0.05) is 38.1 Å². The second-order valence-corrected chi connectivity index (χ2v) is 9.51. The van der Waals surface area contributed by atoms with Crippen LogP contribution in [0.4, 0.5) is 32.2 Å². The van der Waals surface area contributed by atoms with Gasteiger partial charge in [-0.05, 0) is 67.8 Å². The molecule has 9 heteroatoms. The highest BCUT2D eigenvalue weighted by Gasteiger charge is 2.13. The monoisotopic (exact) mass is 521 g/mol. The fourth-order valence-electron chi connectivity index (χ4n) is 4.17. The standard InChI is InChI=1S/C30H28FN7O/c1-17(2)23-7-5-6-8-25(23)37-30(39)36-22-12-10-21(11-13-22)35-29-32-16-24(31)28(38-29)20-9-14-26-27(15-20)34-19(4)18(3)33-26/h5-17H,1-4H3,(H,32,35,38)(H2,36,37,39). The number of hydrogen-bond donors (Lipinski definition) is 3. The first-order valence-electron chi connectivity index (χ1n) is 12.6. The average molecular weight is 522 g/mol. The predicted molar refractivity (Wildman–Crippen MR) is 153 cm³/mol. The van der Waals surface area contributed by atoms with Crippen molar-refractivity contribution in [2.24, 2.45) is 0 Å². The van der Waals surface area contributed by atoms with Crippen LogP contribution in [-0.2, 0) is 0 Å². The van der Waals surface area contributed by atoms with Crippen LogP contribution < -0.4 is 16.0 Å². The Kier molecular flexibility index (Phi) is 7.14. The molecule has 39 heavy (non-hydrogen) atoms. The first kappa shape index (κ1) is 25.7. The molecule has 0 radical (unpaired) electrons. The van der Waals surface area contributed by atoms with Crippen molar-refractivity contribution >= 4 is 40.1 Å². The molecule has 8 nitrogen and oxygen atoms in total. The van der Waals surface area contributed by atoms with E-state index in [2.05, 4.69) is 49.7 Å². The van der Waals surface area contributed by atoms with Gasteiger partial charge >= 0.3 is 6.03 Å². The number of para-hydroxylation sites is 1. The van der Waals surface area contributed by atoms with Crippen LogP contribution in [0.2, 0.25) is 0 Å². The van der Waals surface area contributed by atoms with E-state index < -0.39 is 5.82 Å². The van der Waals surface area contributed by atoms with Crippen LogP contribution >= 0.6 is 0 Å². The molecular formula is C30H28FN7O. The first-order valence-corrected chi connectivity index (χ1v) is 12.6. The van der Waals surface area contributed by atoms with Crippen LogP contribution in [-0.4, -0.2) is 26.0 Å². The summed E-state index contributed by atoms with van der Waals surface area (Å²) >= 11 is 0. The Morgan fingerprint density at radius 3 is 2.26 bits per heavy atom. The number of carbonyl (C=O) groups is 1. The van der Waals surface area contributed by atoms with E-state index in [9.17, 15) is 9.18 Å². The van der Waals surface area contributed by atoms with Crippen molar-refractivity contribution in [2.45, 2.75) is 33.6 Å². The van der Waals surface area contributed by atoms with Crippen molar-refractivity contribution in [3.63, 3.8) is 0 Å². The molecular weight excluding hydrogens is 493 g/mol. The maximum atomic E-state index is 14.7. The molecule has 0 fully saturated rings. The Hall–Kier alpha value is -4.92. The molecule has 5 aromatic rings. The third-order valence-electron chi connectivity index (χ3n) is 6.32. The normalized spacial score (nSPS) is 11.0. The molecule has 2 amide bonds. The van der Waals surface area contributed by atoms with Gasteiger partial charge in [-0.25, -0.2) is 29.1 Å². The molecule has 3 N–H and O–H groups in total. The second kappa shape index (κ2) is 10.8. The molecule has 3 aromatic carbocycles. The number of fused-ring (bicyclic) bond motifs is 1. The molecule has 2 aromatic heterocycles. The summed E-state index contributed by atoms with van der Waals surface area (Å²) < 4.78 is 14.7. The van der Waals surface area contributed by atoms with E-state index in [0.717, 1.165) is 34.4 Å². The molecule has 0 saturated carbocycles. The van der Waals surface area contributed by atoms with Crippen LogP contribution in [0.5, 0.6) is 0 Å². The minimum atomic E-state index is -0.540. The van der Waals surface area contributed by atoms with Gasteiger partial charge in [0.2, 0.25) is 5.95 Å². The Bertz CT molecular complexity index is 1670. The Morgan fingerprint density at radius 2 is 1.51 bits per heavy atom. The molecule has 0 unspecified atom stereocenters. The smallest absolute Gasteiger partial charge is 0.323 e. The van der Waals surface area contributed by atoms with Crippen molar-refractivity contribution < 1.29 is 9.18 Å². The molecule has 0 atom stereocenters. The molecule has 0 bridgehead atoms. The second-order valence-electron chi connectivity index (χ2n) is 9.51. The number of aromatic nitrogens is 4. The number of aryl methyl sites for hydroxylation is 2. The van der Waals surface area contributed by atoms with Gasteiger partial charge in [0.15, 0.2) is 5.82 Å². The van der Waals surface area contributed by atoms with Crippen LogP contribution in [0.3, 0.4) is 0 Å². The van der Waals surface area contributed by atoms with Gasteiger partial charge in [0.25, 0.3) is 0 Å². The third-order valence-corrected chi connectivity index (χ3v) is 6.32. The summed E-state index contributed by atoms with van der Waals surface area (Å²) in [7, 11) is 0. The summed E-state index contributed by atoms with van der Waals surface area (Å²) in [5.41, 5.74) is 6.95. The largest absolute Gasteiger partial charge is 0.324 e. The van der Waals surface area contributed by atoms with E-state index in [0.29, 0.717) is 22.5 Å². The number of amides is 2. The quantitative estimate of drug-likeness (QED) is 0.216. The number of urea groups is 1. The Morgan fingerprint density at radius 1 is 0.821 bits per heavy atom. The van der Waals surface area contributed by atoms with Crippen LogP contribution in [0.1, 0.15) is 36.7 Å². The van der Waals surface area contributed by atoms with Crippen molar-refractivity contribution in [3.05, 3.63) is 95.7 Å². The van der Waals surface area contributed by atoms with E-state index in [1.165, 1.54) is 0 Å². The maximum absolute atomic E-state index is 14.7. The maximum Gasteiger partial charge on any atom is 0.323 e. The molecule has 196 valence electrons. The molecule has 2 heterocycles. The third kappa shape index (κ3) is 5.82. The van der Waals surface area contributed by atoms with Crippen molar-refractivity contribution in [1.82, 2.24) is 19.9 Å². The number of rotatable bonds is 6. The minimum absolute atomic E-state index is 0.158. The first-order chi connectivity index (χ1) is 18.8. The number of anilines is 4. The van der Waals surface area contributed by atoms with Crippen LogP contribution in [0.15, 0.2) is 72.9 Å². The van der Waals surface area contributed by atoms with Crippen molar-refractivity contribution in [1.29, 1.82) is 0 Å². The van der Waals surface area contributed by atoms with E-state index in [-0.39, 0.29) is 23.6 Å². The lowest BCUT2D eigenvalue weighted by Crippen LogP contribution is -2.20. The van der Waals surface area contributed by atoms with E-state index >= 15 is 0 Å². The highest BCUT2D eigenvalue weighted by atomic mass is 19.1. The fourth-order valence-corrected chi connectivity index (χ4v) is 4.17. The average Bonchev–Trinajstić information content (AvgIpc) is 2.91. The van der Waals surface area contributed by atoms with Gasteiger partial charge in [-0.15, -0.1) is 0 Å². The zero-order valence-corrected chi connectivity index (χ0v) is 22.1. The SMILES string of the molecule is Cc1nc2ccc(-c3nc(Nc4ccc(NC(=O)Nc5ccccc5C(C)C)cc4)ncc3F)cc2nc1C. The van der Waals surface area contributed by atoms with Gasteiger partial charge in [-0.3, -0.25) is 0 Å². The topological polar surface area (TPSA) is 105 Å². The van der Waals surface area contributed by atoms with Crippen LogP contribution in [0, 0.1) is 19.7 Å². The van der Waals surface area contributed by atoms with Gasteiger partial charge < -0.3 is 16.0 Å². The van der Waals surface area contributed by atoms with Gasteiger partial charge in [0, 0.05) is 22.6 Å². The lowest BCUT2D eigenvalue weighted by molar-refractivity contribution is 0.262. The summed E-state index contributed by atoms with van der Waals surface area (Å²) in [5, 5.41) is 8.84.